The van der Waals surface area contributed by atoms with Crippen molar-refractivity contribution in [2.45, 2.75) is 0 Å². The van der Waals surface area contributed by atoms with E-state index < -0.39 is 0 Å². The maximum Gasteiger partial charge on any atom is 0.0540 e. The van der Waals surface area contributed by atoms with Crippen LogP contribution in [0.1, 0.15) is 0 Å². The molecule has 0 unspecified atom stereocenters. The van der Waals surface area contributed by atoms with E-state index in [0.29, 0.717) is 0 Å². The largest absolute Gasteiger partial charge is 0.399 e. The number of hydrogen-bond acceptors (Lipinski definition) is 3. The Bertz CT molecular complexity index is 1670. The Balaban J connectivity index is 1.47. The molecule has 0 bridgehead atoms. The van der Waals surface area contributed by atoms with Crippen LogP contribution in [0, 0.1) is 0 Å². The Labute approximate surface area is 217 Å². The first-order valence-electron chi connectivity index (χ1n) is 12.4. The van der Waals surface area contributed by atoms with Gasteiger partial charge in [-0.2, -0.15) is 0 Å². The highest BCUT2D eigenvalue weighted by Crippen LogP contribution is 2.40. The zero-order valence-corrected chi connectivity index (χ0v) is 20.4. The second-order valence-electron chi connectivity index (χ2n) is 9.14. The van der Waals surface area contributed by atoms with Gasteiger partial charge in [-0.15, -0.1) is 0 Å². The number of fused-ring (bicyclic) bond motifs is 1. The second kappa shape index (κ2) is 9.56. The first-order chi connectivity index (χ1) is 18.2. The first kappa shape index (κ1) is 22.4. The van der Waals surface area contributed by atoms with Crippen LogP contribution in [0.15, 0.2) is 140 Å². The van der Waals surface area contributed by atoms with Crippen LogP contribution in [0.5, 0.6) is 0 Å². The molecular weight excluding hydrogens is 450 g/mol. The van der Waals surface area contributed by atoms with Gasteiger partial charge >= 0.3 is 0 Å². The molecule has 37 heavy (non-hydrogen) atoms. The van der Waals surface area contributed by atoms with Gasteiger partial charge in [-0.3, -0.25) is 0 Å². The van der Waals surface area contributed by atoms with Gasteiger partial charge < -0.3 is 16.4 Å². The zero-order valence-electron chi connectivity index (χ0n) is 20.4. The van der Waals surface area contributed by atoms with E-state index >= 15 is 0 Å². The van der Waals surface area contributed by atoms with E-state index in [9.17, 15) is 0 Å². The van der Waals surface area contributed by atoms with Gasteiger partial charge in [0.2, 0.25) is 0 Å². The highest BCUT2D eigenvalue weighted by Gasteiger charge is 2.16. The van der Waals surface area contributed by atoms with Crippen LogP contribution in [-0.2, 0) is 0 Å². The van der Waals surface area contributed by atoms with Crippen LogP contribution in [-0.4, -0.2) is 0 Å². The van der Waals surface area contributed by atoms with E-state index in [-0.39, 0.29) is 0 Å². The number of para-hydroxylation sites is 1. The number of hydrogen-bond donors (Lipinski definition) is 2. The fourth-order valence-corrected chi connectivity index (χ4v) is 4.91. The van der Waals surface area contributed by atoms with Crippen LogP contribution < -0.4 is 16.4 Å². The third-order valence-corrected chi connectivity index (χ3v) is 6.72. The molecule has 4 N–H and O–H groups in total. The molecule has 3 nitrogen and oxygen atoms in total. The van der Waals surface area contributed by atoms with Crippen LogP contribution in [0.4, 0.5) is 28.4 Å². The third kappa shape index (κ3) is 4.39. The minimum absolute atomic E-state index is 0.736. The van der Waals surface area contributed by atoms with Crippen LogP contribution >= 0.6 is 0 Å². The predicted molar refractivity (Wildman–Crippen MR) is 158 cm³/mol. The molecule has 0 aromatic heterocycles. The van der Waals surface area contributed by atoms with E-state index in [0.717, 1.165) is 50.7 Å². The lowest BCUT2D eigenvalue weighted by molar-refractivity contribution is 1.30. The SMILES string of the molecule is Nc1ccc(-c2ccc(N)cc2-c2ccc(N(c3ccccc3)c3cccc4ccccc34)cc2)cc1. The maximum atomic E-state index is 6.22. The van der Waals surface area contributed by atoms with Gasteiger partial charge in [0.1, 0.15) is 0 Å². The molecule has 0 heterocycles. The van der Waals surface area contributed by atoms with Crippen molar-refractivity contribution in [2.24, 2.45) is 0 Å². The Morgan fingerprint density at radius 3 is 1.81 bits per heavy atom. The first-order valence-corrected chi connectivity index (χ1v) is 12.4. The molecule has 0 aliphatic heterocycles. The highest BCUT2D eigenvalue weighted by molar-refractivity contribution is 5.99. The van der Waals surface area contributed by atoms with Crippen LogP contribution in [0.2, 0.25) is 0 Å². The van der Waals surface area contributed by atoms with Crippen molar-refractivity contribution in [2.75, 3.05) is 16.4 Å². The third-order valence-electron chi connectivity index (χ3n) is 6.72. The molecule has 6 rings (SSSR count). The van der Waals surface area contributed by atoms with Crippen molar-refractivity contribution in [3.8, 4) is 22.3 Å². The molecule has 178 valence electrons. The Hall–Kier alpha value is -5.02. The van der Waals surface area contributed by atoms with Gasteiger partial charge in [0.15, 0.2) is 0 Å². The minimum atomic E-state index is 0.736. The predicted octanol–water partition coefficient (Wildman–Crippen LogP) is 8.81. The van der Waals surface area contributed by atoms with Crippen molar-refractivity contribution < 1.29 is 0 Å². The standard InChI is InChI=1S/C34H27N3/c35-27-17-13-25(14-18-27)31-22-19-28(36)23-33(31)26-15-20-30(21-16-26)37(29-9-2-1-3-10-29)34-12-6-8-24-7-4-5-11-32(24)34/h1-23H,35-36H2. The van der Waals surface area contributed by atoms with Crippen molar-refractivity contribution in [1.29, 1.82) is 0 Å². The molecule has 6 aromatic carbocycles. The molecule has 0 atom stereocenters. The fraction of sp³-hybridized carbons (Fsp3) is 0. The summed E-state index contributed by atoms with van der Waals surface area (Å²) in [5.74, 6) is 0. The Kier molecular flexibility index (Phi) is 5.80. The monoisotopic (exact) mass is 477 g/mol. The number of nitrogens with two attached hydrogens (primary N) is 2. The van der Waals surface area contributed by atoms with E-state index in [4.69, 9.17) is 11.5 Å². The lowest BCUT2D eigenvalue weighted by Gasteiger charge is -2.27. The van der Waals surface area contributed by atoms with Crippen LogP contribution in [0.3, 0.4) is 0 Å². The molecule has 3 heteroatoms. The van der Waals surface area contributed by atoms with Gasteiger partial charge in [0, 0.05) is 28.1 Å². The van der Waals surface area contributed by atoms with Gasteiger partial charge in [0.05, 0.1) is 5.69 Å². The summed E-state index contributed by atoms with van der Waals surface area (Å²) in [6.45, 7) is 0. The lowest BCUT2D eigenvalue weighted by atomic mass is 9.93. The molecular formula is C34H27N3. The van der Waals surface area contributed by atoms with E-state index in [1.807, 2.05) is 30.3 Å². The van der Waals surface area contributed by atoms with E-state index in [1.54, 1.807) is 0 Å². The van der Waals surface area contributed by atoms with Gasteiger partial charge in [-0.25, -0.2) is 0 Å². The normalized spacial score (nSPS) is 10.9. The number of rotatable bonds is 5. The molecule has 6 aromatic rings. The topological polar surface area (TPSA) is 55.3 Å². The summed E-state index contributed by atoms with van der Waals surface area (Å²) in [7, 11) is 0. The summed E-state index contributed by atoms with van der Waals surface area (Å²) in [6, 6.07) is 48.2. The lowest BCUT2D eigenvalue weighted by Crippen LogP contribution is -2.10. The maximum absolute atomic E-state index is 6.22. The number of nitrogen functional groups attached to an aromatic ring is 2. The Morgan fingerprint density at radius 2 is 1.03 bits per heavy atom. The van der Waals surface area contributed by atoms with Crippen molar-refractivity contribution in [1.82, 2.24) is 0 Å². The summed E-state index contributed by atoms with van der Waals surface area (Å²) in [5.41, 5.74) is 21.4. The van der Waals surface area contributed by atoms with Crippen molar-refractivity contribution >= 4 is 39.2 Å². The molecule has 0 spiro atoms. The van der Waals surface area contributed by atoms with Gasteiger partial charge in [-0.1, -0.05) is 84.9 Å². The Morgan fingerprint density at radius 1 is 0.432 bits per heavy atom. The fourth-order valence-electron chi connectivity index (χ4n) is 4.91. The second-order valence-corrected chi connectivity index (χ2v) is 9.14. The molecule has 0 aliphatic rings. The quantitative estimate of drug-likeness (QED) is 0.244. The van der Waals surface area contributed by atoms with E-state index in [2.05, 4.69) is 114 Å². The average Bonchev–Trinajstić information content (AvgIpc) is 2.95. The van der Waals surface area contributed by atoms with Gasteiger partial charge in [0.25, 0.3) is 0 Å². The smallest absolute Gasteiger partial charge is 0.0540 e. The molecule has 0 fully saturated rings. The number of benzene rings is 6. The van der Waals surface area contributed by atoms with Crippen molar-refractivity contribution in [3.63, 3.8) is 0 Å². The highest BCUT2D eigenvalue weighted by atomic mass is 15.1. The minimum Gasteiger partial charge on any atom is -0.399 e. The summed E-state index contributed by atoms with van der Waals surface area (Å²) in [6.07, 6.45) is 0. The number of nitrogens with zero attached hydrogens (tertiary/aromatic N) is 1. The molecule has 0 saturated heterocycles. The summed E-state index contributed by atoms with van der Waals surface area (Å²) in [5, 5.41) is 2.42. The van der Waals surface area contributed by atoms with E-state index in [1.165, 1.54) is 10.8 Å². The summed E-state index contributed by atoms with van der Waals surface area (Å²) < 4.78 is 0. The molecule has 0 radical (unpaired) electrons. The average molecular weight is 478 g/mol. The van der Waals surface area contributed by atoms with Gasteiger partial charge in [-0.05, 0) is 82.2 Å². The summed E-state index contributed by atoms with van der Waals surface area (Å²) >= 11 is 0. The molecule has 0 aliphatic carbocycles. The molecule has 0 saturated carbocycles. The number of anilines is 5. The van der Waals surface area contributed by atoms with Crippen molar-refractivity contribution in [3.05, 3.63) is 140 Å². The summed E-state index contributed by atoms with van der Waals surface area (Å²) in [4.78, 5) is 2.31. The van der Waals surface area contributed by atoms with Crippen LogP contribution in [0.25, 0.3) is 33.0 Å². The zero-order chi connectivity index (χ0) is 25.2. The molecule has 0 amide bonds.